The second-order valence-electron chi connectivity index (χ2n) is 40.6. The highest BCUT2D eigenvalue weighted by Crippen LogP contribution is 2.32. The van der Waals surface area contributed by atoms with Crippen molar-refractivity contribution in [3.8, 4) is 0 Å². The molecule has 0 atom stereocenters. The molecule has 0 fully saturated rings. The average Bonchev–Trinajstić information content (AvgIpc) is 1.52. The van der Waals surface area contributed by atoms with E-state index in [1.54, 1.807) is 11.1 Å². The molecule has 0 radical (unpaired) electrons. The van der Waals surface area contributed by atoms with Crippen molar-refractivity contribution in [1.82, 2.24) is 4.98 Å². The van der Waals surface area contributed by atoms with Gasteiger partial charge in [-0.15, -0.1) is 0 Å². The van der Waals surface area contributed by atoms with E-state index in [-0.39, 0.29) is 58.8 Å². The third-order valence-electron chi connectivity index (χ3n) is 16.9. The van der Waals surface area contributed by atoms with Gasteiger partial charge in [-0.25, -0.2) is 0 Å². The average molecular weight is 1500 g/mol. The Morgan fingerprint density at radius 2 is 0.691 bits per heavy atom. The van der Waals surface area contributed by atoms with E-state index in [1.807, 2.05) is 36.9 Å². The lowest BCUT2D eigenvalue weighted by molar-refractivity contribution is 0.407. The van der Waals surface area contributed by atoms with Gasteiger partial charge in [0.1, 0.15) is 0 Å². The molecule has 2 aliphatic carbocycles. The summed E-state index contributed by atoms with van der Waals surface area (Å²) in [6.07, 6.45) is 33.5. The topological polar surface area (TPSA) is 37.6 Å². The number of allylic oxidation sites excluding steroid dienone is 10. The van der Waals surface area contributed by atoms with Crippen LogP contribution in [0, 0.1) is 54.8 Å². The van der Waals surface area contributed by atoms with E-state index < -0.39 is 0 Å². The fourth-order valence-electron chi connectivity index (χ4n) is 11.3. The minimum atomic E-state index is 0. The minimum Gasteiger partial charge on any atom is -0.269 e. The van der Waals surface area contributed by atoms with Crippen molar-refractivity contribution in [2.45, 2.75) is 357 Å². The van der Waals surface area contributed by atoms with Gasteiger partial charge < -0.3 is 0 Å². The number of hydrogen-bond donors (Lipinski definition) is 0. The van der Waals surface area contributed by atoms with Crippen molar-refractivity contribution in [2.24, 2.45) is 37.1 Å². The zero-order chi connectivity index (χ0) is 80.3. The summed E-state index contributed by atoms with van der Waals surface area (Å²) in [6, 6.07) is 51.4. The van der Waals surface area contributed by atoms with Crippen LogP contribution in [0.5, 0.6) is 0 Å². The van der Waals surface area contributed by atoms with E-state index in [0.29, 0.717) is 32.5 Å². The van der Waals surface area contributed by atoms with Gasteiger partial charge in [0.15, 0.2) is 0 Å². The van der Waals surface area contributed by atoms with Crippen LogP contribution in [0.3, 0.4) is 0 Å². The summed E-state index contributed by atoms with van der Waals surface area (Å²) < 4.78 is 0. The monoisotopic (exact) mass is 1500 g/mol. The molecule has 0 bridgehead atoms. The van der Waals surface area contributed by atoms with E-state index in [9.17, 15) is 0 Å². The standard InChI is InChI=1S/C12H18.3C11H16.2C10H16.C10H14.2C9H15N.C9H13N.5CH4/c1-10-7-5-6-8-11(10)9-12(2,3)4;2*1-9-5-7-10(8-6-9)11(2,3)4;1-9-6-5-7-10(8-9)11(2,3)4;2*1-10(2,3)8-9-6-4-5-7-9;1-10(2,3)9-7-5-4-6-8-9;1-9(2,3)6-8-4-5-10-7-8;1-9(2,3)7-8-5-4-6-10-8;1-9(2,3)8-6-4-5-7-10-8;;;;;/h5-8H,9H2,1-4H3;3*5-8H,1-4H3;2*4-6H,7-8H2,1-3H3;4-8H,1-3H3;5,7H,4,6H2,1-3H3;4,6H,5,7H2,1-3H3;4-7H,1-3H3;5*1H4. The minimum absolute atomic E-state index is 0. The van der Waals surface area contributed by atoms with Gasteiger partial charge in [0, 0.05) is 54.5 Å². The number of rotatable bonds is 5. The van der Waals surface area contributed by atoms with Gasteiger partial charge in [0.2, 0.25) is 0 Å². The number of aryl methyl sites for hydroxylation is 4. The largest absolute Gasteiger partial charge is 0.269 e. The van der Waals surface area contributed by atoms with Gasteiger partial charge in [0.25, 0.3) is 0 Å². The molecule has 3 heteroatoms. The number of benzene rings is 5. The highest BCUT2D eigenvalue weighted by atomic mass is 14.7. The molecule has 0 saturated heterocycles. The first-order valence-corrected chi connectivity index (χ1v) is 39.3. The van der Waals surface area contributed by atoms with Gasteiger partial charge in [0.05, 0.1) is 0 Å². The lowest BCUT2D eigenvalue weighted by atomic mass is 9.86. The second kappa shape index (κ2) is 51.6. The Balaban J connectivity index is -0.000000370. The molecule has 4 aliphatic rings. The SMILES string of the molecule is C.C.C.C.C.CC(C)(C)CC1=CC=CC1.CC(C)(C)CC1=CC=CC1.CC(C)(C)CC1=CN=CC1.CC(C)(C)CC1=NC=CC1.CC(C)(C)c1ccccc1.CC(C)(C)c1ccccn1.Cc1ccc(C(C)(C)C)cc1.Cc1ccc(C(C)(C)C)cc1.Cc1cccc(C(C)(C)C)c1.Cc1ccccc1CC(C)(C)C. The maximum absolute atomic E-state index is 4.26. The first kappa shape index (κ1) is 112. The quantitative estimate of drug-likeness (QED) is 0.169. The molecular weight excluding hydrogens is 1330 g/mol. The van der Waals surface area contributed by atoms with Gasteiger partial charge >= 0.3 is 0 Å². The summed E-state index contributed by atoms with van der Waals surface area (Å²) in [5.74, 6) is 0. The fourth-order valence-corrected chi connectivity index (χ4v) is 11.3. The fraction of sp³-hybridized carbons (Fsp3) is 0.542. The predicted octanol–water partition coefficient (Wildman–Crippen LogP) is 34.2. The summed E-state index contributed by atoms with van der Waals surface area (Å²) >= 11 is 0. The third-order valence-corrected chi connectivity index (χ3v) is 16.9. The molecule has 3 nitrogen and oxygen atoms in total. The summed E-state index contributed by atoms with van der Waals surface area (Å²) in [5, 5.41) is 0. The number of aliphatic imine (C=N–C) groups is 2. The Bertz CT molecular complexity index is 3350. The molecule has 0 saturated carbocycles. The number of pyridine rings is 1. The predicted molar refractivity (Wildman–Crippen MR) is 508 cm³/mol. The molecule has 110 heavy (non-hydrogen) atoms. The van der Waals surface area contributed by atoms with E-state index in [4.69, 9.17) is 0 Å². The summed E-state index contributed by atoms with van der Waals surface area (Å²) in [6.45, 7) is 75.9. The number of nitrogens with zero attached hydrogens (tertiary/aromatic N) is 3. The Labute approximate surface area is 686 Å². The molecule has 618 valence electrons. The zero-order valence-corrected chi connectivity index (χ0v) is 73.9. The molecule has 2 aliphatic heterocycles. The lowest BCUT2D eigenvalue weighted by Crippen LogP contribution is -2.12. The highest BCUT2D eigenvalue weighted by Gasteiger charge is 2.20. The molecule has 0 amide bonds. The van der Waals surface area contributed by atoms with E-state index in [2.05, 4.69) is 426 Å². The van der Waals surface area contributed by atoms with Crippen LogP contribution in [-0.4, -0.2) is 16.9 Å². The van der Waals surface area contributed by atoms with E-state index in [1.165, 1.54) is 99.9 Å². The van der Waals surface area contributed by atoms with Crippen LogP contribution >= 0.6 is 0 Å². The van der Waals surface area contributed by atoms with Crippen LogP contribution in [0.4, 0.5) is 0 Å². The van der Waals surface area contributed by atoms with Gasteiger partial charge in [-0.2, -0.15) is 0 Å². The van der Waals surface area contributed by atoms with Crippen molar-refractivity contribution in [2.75, 3.05) is 0 Å². The van der Waals surface area contributed by atoms with Crippen molar-refractivity contribution in [3.05, 3.63) is 279 Å². The molecule has 0 unspecified atom stereocenters. The summed E-state index contributed by atoms with van der Waals surface area (Å²) in [7, 11) is 0. The maximum atomic E-state index is 4.26. The van der Waals surface area contributed by atoms with Crippen LogP contribution in [0.1, 0.15) is 352 Å². The molecular formula is C107H175N3. The van der Waals surface area contributed by atoms with Crippen molar-refractivity contribution in [1.29, 1.82) is 0 Å². The van der Waals surface area contributed by atoms with Crippen LogP contribution < -0.4 is 0 Å². The van der Waals surface area contributed by atoms with Crippen molar-refractivity contribution < 1.29 is 0 Å². The Kier molecular flexibility index (Phi) is 52.4. The van der Waals surface area contributed by atoms with Crippen LogP contribution in [0.2, 0.25) is 0 Å². The Hall–Kier alpha value is -6.97. The molecule has 0 N–H and O–H groups in total. The zero-order valence-electron chi connectivity index (χ0n) is 73.9. The first-order chi connectivity index (χ1) is 48.0. The van der Waals surface area contributed by atoms with E-state index in [0.717, 1.165) is 25.0 Å². The highest BCUT2D eigenvalue weighted by molar-refractivity contribution is 5.88. The Morgan fingerprint density at radius 3 is 0.982 bits per heavy atom. The van der Waals surface area contributed by atoms with Crippen LogP contribution in [0.15, 0.2) is 233 Å². The molecule has 1 aromatic heterocycles. The molecule has 6 aromatic rings. The van der Waals surface area contributed by atoms with Crippen LogP contribution in [0.25, 0.3) is 0 Å². The molecule has 0 spiro atoms. The number of hydrogen-bond acceptors (Lipinski definition) is 3. The Morgan fingerprint density at radius 1 is 0.309 bits per heavy atom. The molecule has 3 heterocycles. The first-order valence-electron chi connectivity index (χ1n) is 39.3. The smallest absolute Gasteiger partial charge is 0.0457 e. The maximum Gasteiger partial charge on any atom is 0.0457 e. The molecule has 5 aromatic carbocycles. The van der Waals surface area contributed by atoms with Gasteiger partial charge in [-0.05, 0) is 172 Å². The van der Waals surface area contributed by atoms with E-state index >= 15 is 0 Å². The molecule has 10 rings (SSSR count). The van der Waals surface area contributed by atoms with Crippen LogP contribution in [-0.2, 0) is 33.5 Å². The summed E-state index contributed by atoms with van der Waals surface area (Å²) in [5.41, 5.74) is 23.1. The number of aromatic nitrogens is 1. The lowest BCUT2D eigenvalue weighted by Gasteiger charge is -2.19. The second-order valence-corrected chi connectivity index (χ2v) is 40.6. The normalized spacial score (nSPS) is 13.3. The van der Waals surface area contributed by atoms with Gasteiger partial charge in [-0.3, -0.25) is 15.0 Å². The van der Waals surface area contributed by atoms with Crippen molar-refractivity contribution in [3.63, 3.8) is 0 Å². The van der Waals surface area contributed by atoms with Gasteiger partial charge in [-0.1, -0.05) is 449 Å². The van der Waals surface area contributed by atoms with Crippen molar-refractivity contribution >= 4 is 11.9 Å². The summed E-state index contributed by atoms with van der Waals surface area (Å²) in [4.78, 5) is 12.6. The third kappa shape index (κ3) is 57.1.